The lowest BCUT2D eigenvalue weighted by Gasteiger charge is -2.24. The molecule has 0 aliphatic rings. The predicted octanol–water partition coefficient (Wildman–Crippen LogP) is 1.52. The molecule has 102 valence electrons. The predicted molar refractivity (Wildman–Crippen MR) is 59.4 cm³/mol. The number of nitrogens with one attached hydrogen (secondary N) is 1. The van der Waals surface area contributed by atoms with Gasteiger partial charge in [0.05, 0.1) is 0 Å². The number of halogens is 1. The highest BCUT2D eigenvalue weighted by Crippen LogP contribution is 2.13. The van der Waals surface area contributed by atoms with E-state index < -0.39 is 33.3 Å². The average Bonchev–Trinajstić information content (AvgIpc) is 1.92. The van der Waals surface area contributed by atoms with Gasteiger partial charge in [-0.2, -0.15) is 13.9 Å². The van der Waals surface area contributed by atoms with Crippen molar-refractivity contribution in [2.75, 3.05) is 5.75 Å². The maximum atomic E-state index is 12.4. The summed E-state index contributed by atoms with van der Waals surface area (Å²) in [6.45, 7) is 7.61. The number of hydroxylamine groups is 1. The Morgan fingerprint density at radius 2 is 1.71 bits per heavy atom. The normalized spacial score (nSPS) is 13.3. The number of ether oxygens (including phenoxy) is 1. The summed E-state index contributed by atoms with van der Waals surface area (Å²) in [6, 6.07) is 0. The number of amides is 1. The second kappa shape index (κ2) is 5.18. The second-order valence-electron chi connectivity index (χ2n) is 5.15. The summed E-state index contributed by atoms with van der Waals surface area (Å²) < 4.78 is 38.1. The Balaban J connectivity index is 4.24. The fraction of sp³-hybridized carbons (Fsp3) is 0.889. The van der Waals surface area contributed by atoms with Crippen LogP contribution in [0, 0.1) is 0 Å². The van der Waals surface area contributed by atoms with Gasteiger partial charge in [0.15, 0.2) is 0 Å². The molecule has 0 aliphatic carbocycles. The first-order chi connectivity index (χ1) is 7.31. The quantitative estimate of drug-likeness (QED) is 0.619. The molecular formula is C9H18FNO5S. The van der Waals surface area contributed by atoms with Crippen molar-refractivity contribution in [3.05, 3.63) is 0 Å². The minimum absolute atomic E-state index is 0.705. The molecule has 0 saturated carbocycles. The molecule has 17 heavy (non-hydrogen) atoms. The van der Waals surface area contributed by atoms with Gasteiger partial charge < -0.3 is 4.74 Å². The molecule has 0 rings (SSSR count). The van der Waals surface area contributed by atoms with Crippen molar-refractivity contribution < 1.29 is 26.7 Å². The van der Waals surface area contributed by atoms with Gasteiger partial charge in [-0.05, 0) is 34.6 Å². The average molecular weight is 271 g/mol. The van der Waals surface area contributed by atoms with Gasteiger partial charge in [0.1, 0.15) is 17.0 Å². The van der Waals surface area contributed by atoms with Crippen molar-refractivity contribution in [1.82, 2.24) is 5.48 Å². The smallest absolute Gasteiger partial charge is 0.431 e. The molecule has 6 nitrogen and oxygen atoms in total. The van der Waals surface area contributed by atoms with Crippen LogP contribution in [0.5, 0.6) is 0 Å². The summed E-state index contributed by atoms with van der Waals surface area (Å²) in [7, 11) is -4.68. The van der Waals surface area contributed by atoms with Crippen LogP contribution >= 0.6 is 0 Å². The van der Waals surface area contributed by atoms with Crippen LogP contribution in [0.2, 0.25) is 0 Å². The number of hydrogen-bond acceptors (Lipinski definition) is 5. The third-order valence-electron chi connectivity index (χ3n) is 1.33. The van der Waals surface area contributed by atoms with Crippen molar-refractivity contribution in [3.63, 3.8) is 0 Å². The van der Waals surface area contributed by atoms with Crippen LogP contribution in [0.15, 0.2) is 0 Å². The molecule has 0 unspecified atom stereocenters. The number of carbonyl (C=O) groups is 1. The number of carbonyl (C=O) groups excluding carboxylic acids is 1. The molecule has 0 spiro atoms. The Hall–Kier alpha value is -0.890. The SMILES string of the molecule is CC(C)(C)OC(=O)NOC(C)(C)CS(=O)(=O)F. The van der Waals surface area contributed by atoms with Crippen molar-refractivity contribution in [2.24, 2.45) is 0 Å². The van der Waals surface area contributed by atoms with Crippen LogP contribution in [0.25, 0.3) is 0 Å². The number of rotatable bonds is 4. The minimum Gasteiger partial charge on any atom is -0.442 e. The first-order valence-electron chi connectivity index (χ1n) is 4.90. The van der Waals surface area contributed by atoms with Crippen LogP contribution in [0.4, 0.5) is 8.68 Å². The van der Waals surface area contributed by atoms with E-state index in [4.69, 9.17) is 9.57 Å². The van der Waals surface area contributed by atoms with Crippen LogP contribution in [0.1, 0.15) is 34.6 Å². The van der Waals surface area contributed by atoms with Gasteiger partial charge in [0.25, 0.3) is 0 Å². The highest BCUT2D eigenvalue weighted by Gasteiger charge is 2.29. The van der Waals surface area contributed by atoms with Gasteiger partial charge in [0, 0.05) is 0 Å². The second-order valence-corrected chi connectivity index (χ2v) is 6.52. The van der Waals surface area contributed by atoms with Crippen LogP contribution in [-0.4, -0.2) is 31.5 Å². The summed E-state index contributed by atoms with van der Waals surface area (Å²) in [5, 5.41) is 0. The first-order valence-corrected chi connectivity index (χ1v) is 6.45. The fourth-order valence-electron chi connectivity index (χ4n) is 0.923. The molecule has 0 aromatic rings. The molecule has 0 atom stereocenters. The van der Waals surface area contributed by atoms with Gasteiger partial charge in [-0.15, -0.1) is 3.89 Å². The Morgan fingerprint density at radius 3 is 2.06 bits per heavy atom. The zero-order valence-corrected chi connectivity index (χ0v) is 11.4. The molecule has 0 aromatic carbocycles. The van der Waals surface area contributed by atoms with E-state index in [1.54, 1.807) is 20.8 Å². The van der Waals surface area contributed by atoms with Crippen molar-refractivity contribution >= 4 is 16.3 Å². The van der Waals surface area contributed by atoms with E-state index in [2.05, 4.69) is 0 Å². The van der Waals surface area contributed by atoms with Crippen molar-refractivity contribution in [3.8, 4) is 0 Å². The number of hydrogen-bond donors (Lipinski definition) is 1. The van der Waals surface area contributed by atoms with E-state index in [1.807, 2.05) is 5.48 Å². The van der Waals surface area contributed by atoms with E-state index >= 15 is 0 Å². The topological polar surface area (TPSA) is 81.7 Å². The highest BCUT2D eigenvalue weighted by atomic mass is 32.3. The van der Waals surface area contributed by atoms with Gasteiger partial charge in [0.2, 0.25) is 0 Å². The summed E-state index contributed by atoms with van der Waals surface area (Å²) in [5.41, 5.74) is -0.179. The molecule has 0 aromatic heterocycles. The molecule has 1 amide bonds. The van der Waals surface area contributed by atoms with E-state index in [0.29, 0.717) is 0 Å². The van der Waals surface area contributed by atoms with E-state index in [9.17, 15) is 17.1 Å². The Kier molecular flexibility index (Phi) is 4.90. The van der Waals surface area contributed by atoms with Gasteiger partial charge in [-0.25, -0.2) is 4.79 Å². The molecule has 0 aliphatic heterocycles. The zero-order chi connectivity index (χ0) is 13.9. The van der Waals surface area contributed by atoms with E-state index in [-0.39, 0.29) is 0 Å². The molecule has 8 heteroatoms. The van der Waals surface area contributed by atoms with Gasteiger partial charge >= 0.3 is 16.3 Å². The summed E-state index contributed by atoms with van der Waals surface area (Å²) in [6.07, 6.45) is -0.873. The monoisotopic (exact) mass is 271 g/mol. The first kappa shape index (κ1) is 16.1. The highest BCUT2D eigenvalue weighted by molar-refractivity contribution is 7.86. The van der Waals surface area contributed by atoms with E-state index in [1.165, 1.54) is 13.8 Å². The molecule has 0 saturated heterocycles. The Morgan fingerprint density at radius 1 is 1.24 bits per heavy atom. The molecule has 0 bridgehead atoms. The van der Waals surface area contributed by atoms with Gasteiger partial charge in [-0.3, -0.25) is 4.84 Å². The molecule has 0 fully saturated rings. The largest absolute Gasteiger partial charge is 0.442 e. The van der Waals surface area contributed by atoms with Crippen molar-refractivity contribution in [2.45, 2.75) is 45.8 Å². The lowest BCUT2D eigenvalue weighted by molar-refractivity contribution is -0.0757. The lowest BCUT2D eigenvalue weighted by atomic mass is 10.2. The minimum atomic E-state index is -4.68. The summed E-state index contributed by atoms with van der Waals surface area (Å²) in [4.78, 5) is 15.9. The third kappa shape index (κ3) is 10.0. The maximum absolute atomic E-state index is 12.4. The fourth-order valence-corrected chi connectivity index (χ4v) is 1.81. The Bertz CT molecular complexity index is 371. The van der Waals surface area contributed by atoms with Crippen LogP contribution in [-0.2, 0) is 19.8 Å². The van der Waals surface area contributed by atoms with Gasteiger partial charge in [-0.1, -0.05) is 0 Å². The molecule has 0 heterocycles. The van der Waals surface area contributed by atoms with Crippen LogP contribution < -0.4 is 5.48 Å². The maximum Gasteiger partial charge on any atom is 0.431 e. The Labute approximate surface area is 101 Å². The van der Waals surface area contributed by atoms with Crippen molar-refractivity contribution in [1.29, 1.82) is 0 Å². The zero-order valence-electron chi connectivity index (χ0n) is 10.5. The van der Waals surface area contributed by atoms with Crippen LogP contribution in [0.3, 0.4) is 0 Å². The third-order valence-corrected chi connectivity index (χ3v) is 2.37. The lowest BCUT2D eigenvalue weighted by Crippen LogP contribution is -2.42. The summed E-state index contributed by atoms with van der Waals surface area (Å²) in [5.74, 6) is -0.865. The van der Waals surface area contributed by atoms with E-state index in [0.717, 1.165) is 0 Å². The molecular weight excluding hydrogens is 253 g/mol. The standard InChI is InChI=1S/C9H18FNO5S/c1-8(2,3)15-7(12)11-16-9(4,5)6-17(10,13)14/h6H2,1-5H3,(H,11,12). The summed E-state index contributed by atoms with van der Waals surface area (Å²) >= 11 is 0. The molecule has 0 radical (unpaired) electrons. The molecule has 1 N–H and O–H groups in total.